The standard InChI is InChI=1S/C15H16BrClN2S/c16-11-1-2-12(13(17)7-11)14(8-18)19-5-3-15-10(9-19)4-6-20-15/h1-2,4,6-7,14H,3,5,8-9,18H2. The van der Waals surface area contributed by atoms with Gasteiger partial charge in [-0.3, -0.25) is 4.90 Å². The maximum Gasteiger partial charge on any atom is 0.0488 e. The van der Waals surface area contributed by atoms with E-state index in [1.54, 1.807) is 0 Å². The van der Waals surface area contributed by atoms with Gasteiger partial charge in [0.05, 0.1) is 0 Å². The zero-order chi connectivity index (χ0) is 14.1. The van der Waals surface area contributed by atoms with Crippen LogP contribution >= 0.6 is 38.9 Å². The van der Waals surface area contributed by atoms with Gasteiger partial charge in [0.1, 0.15) is 0 Å². The highest BCUT2D eigenvalue weighted by atomic mass is 79.9. The average molecular weight is 372 g/mol. The normalized spacial score (nSPS) is 16.9. The summed E-state index contributed by atoms with van der Waals surface area (Å²) < 4.78 is 1.00. The number of hydrogen-bond donors (Lipinski definition) is 1. The van der Waals surface area contributed by atoms with Crippen molar-refractivity contribution in [2.24, 2.45) is 5.73 Å². The zero-order valence-electron chi connectivity index (χ0n) is 11.0. The molecule has 0 saturated carbocycles. The molecule has 1 unspecified atom stereocenters. The topological polar surface area (TPSA) is 29.3 Å². The van der Waals surface area contributed by atoms with Crippen molar-refractivity contribution < 1.29 is 0 Å². The van der Waals surface area contributed by atoms with Gasteiger partial charge in [-0.15, -0.1) is 11.3 Å². The van der Waals surface area contributed by atoms with Gasteiger partial charge in [0, 0.05) is 40.0 Å². The van der Waals surface area contributed by atoms with Gasteiger partial charge in [0.15, 0.2) is 0 Å². The van der Waals surface area contributed by atoms with Crippen molar-refractivity contribution >= 4 is 38.9 Å². The summed E-state index contributed by atoms with van der Waals surface area (Å²) in [6, 6.07) is 8.46. The van der Waals surface area contributed by atoms with Crippen LogP contribution in [0.2, 0.25) is 5.02 Å². The van der Waals surface area contributed by atoms with Gasteiger partial charge in [0.2, 0.25) is 0 Å². The Balaban J connectivity index is 1.87. The van der Waals surface area contributed by atoms with Gasteiger partial charge < -0.3 is 5.73 Å². The second-order valence-corrected chi connectivity index (χ2v) is 7.33. The van der Waals surface area contributed by atoms with Crippen LogP contribution in [0, 0.1) is 0 Å². The molecule has 2 heterocycles. The van der Waals surface area contributed by atoms with Crippen molar-refractivity contribution in [2.75, 3.05) is 13.1 Å². The molecule has 1 aliphatic rings. The minimum absolute atomic E-state index is 0.184. The van der Waals surface area contributed by atoms with E-state index in [9.17, 15) is 0 Å². The summed E-state index contributed by atoms with van der Waals surface area (Å²) in [6.07, 6.45) is 1.11. The van der Waals surface area contributed by atoms with Crippen molar-refractivity contribution in [1.29, 1.82) is 0 Å². The minimum atomic E-state index is 0.184. The predicted molar refractivity (Wildman–Crippen MR) is 89.4 cm³/mol. The van der Waals surface area contributed by atoms with Crippen LogP contribution in [0.4, 0.5) is 0 Å². The van der Waals surface area contributed by atoms with Crippen LogP contribution in [-0.2, 0) is 13.0 Å². The molecule has 0 amide bonds. The lowest BCUT2D eigenvalue weighted by atomic mass is 10.0. The van der Waals surface area contributed by atoms with E-state index in [4.69, 9.17) is 17.3 Å². The lowest BCUT2D eigenvalue weighted by Gasteiger charge is -2.34. The third-order valence-electron chi connectivity index (χ3n) is 3.82. The summed E-state index contributed by atoms with van der Waals surface area (Å²) >= 11 is 11.7. The number of halogens is 2. The Labute approximate surface area is 136 Å². The van der Waals surface area contributed by atoms with Crippen molar-refractivity contribution in [3.63, 3.8) is 0 Å². The molecule has 20 heavy (non-hydrogen) atoms. The Morgan fingerprint density at radius 3 is 3.00 bits per heavy atom. The molecule has 2 aromatic rings. The molecule has 0 radical (unpaired) electrons. The van der Waals surface area contributed by atoms with E-state index in [1.807, 2.05) is 23.5 Å². The summed E-state index contributed by atoms with van der Waals surface area (Å²) in [7, 11) is 0. The molecule has 0 bridgehead atoms. The molecule has 0 saturated heterocycles. The fourth-order valence-corrected chi connectivity index (χ4v) is 4.47. The van der Waals surface area contributed by atoms with E-state index in [1.165, 1.54) is 10.4 Å². The molecule has 1 aromatic carbocycles. The molecule has 2 N–H and O–H groups in total. The number of fused-ring (bicyclic) bond motifs is 1. The molecule has 5 heteroatoms. The quantitative estimate of drug-likeness (QED) is 0.875. The zero-order valence-corrected chi connectivity index (χ0v) is 14.1. The largest absolute Gasteiger partial charge is 0.329 e. The smallest absolute Gasteiger partial charge is 0.0488 e. The fraction of sp³-hybridized carbons (Fsp3) is 0.333. The molecule has 0 fully saturated rings. The number of nitrogens with zero attached hydrogens (tertiary/aromatic N) is 1. The molecule has 1 aromatic heterocycles. The molecule has 0 aliphatic carbocycles. The first-order valence-electron chi connectivity index (χ1n) is 6.63. The molecule has 1 aliphatic heterocycles. The van der Waals surface area contributed by atoms with Crippen LogP contribution in [-0.4, -0.2) is 18.0 Å². The van der Waals surface area contributed by atoms with Crippen molar-refractivity contribution in [3.05, 3.63) is 55.1 Å². The second-order valence-electron chi connectivity index (χ2n) is 5.01. The highest BCUT2D eigenvalue weighted by Crippen LogP contribution is 2.33. The molecule has 1 atom stereocenters. The summed E-state index contributed by atoms with van der Waals surface area (Å²) in [5, 5.41) is 2.96. The molecular weight excluding hydrogens is 356 g/mol. The van der Waals surface area contributed by atoms with Crippen LogP contribution in [0.25, 0.3) is 0 Å². The third kappa shape index (κ3) is 2.81. The first kappa shape index (κ1) is 14.5. The maximum atomic E-state index is 6.39. The van der Waals surface area contributed by atoms with Crippen molar-refractivity contribution in [1.82, 2.24) is 4.90 Å². The third-order valence-corrected chi connectivity index (χ3v) is 5.67. The van der Waals surface area contributed by atoms with Crippen LogP contribution in [0.5, 0.6) is 0 Å². The van der Waals surface area contributed by atoms with E-state index in [2.05, 4.69) is 38.3 Å². The number of rotatable bonds is 3. The maximum absolute atomic E-state index is 6.39. The SMILES string of the molecule is NCC(c1ccc(Br)cc1Cl)N1CCc2sccc2C1. The van der Waals surface area contributed by atoms with Crippen LogP contribution in [0.1, 0.15) is 22.0 Å². The first-order chi connectivity index (χ1) is 9.69. The van der Waals surface area contributed by atoms with Crippen molar-refractivity contribution in [2.45, 2.75) is 19.0 Å². The molecule has 2 nitrogen and oxygen atoms in total. The van der Waals surface area contributed by atoms with Gasteiger partial charge in [-0.2, -0.15) is 0 Å². The van der Waals surface area contributed by atoms with Gasteiger partial charge >= 0.3 is 0 Å². The van der Waals surface area contributed by atoms with Crippen LogP contribution in [0.15, 0.2) is 34.1 Å². The van der Waals surface area contributed by atoms with E-state index in [-0.39, 0.29) is 6.04 Å². The number of benzene rings is 1. The highest BCUT2D eigenvalue weighted by Gasteiger charge is 2.25. The lowest BCUT2D eigenvalue weighted by Crippen LogP contribution is -2.37. The number of nitrogens with two attached hydrogens (primary N) is 1. The van der Waals surface area contributed by atoms with E-state index >= 15 is 0 Å². The molecule has 0 spiro atoms. The first-order valence-corrected chi connectivity index (χ1v) is 8.68. The number of hydrogen-bond acceptors (Lipinski definition) is 3. The van der Waals surface area contributed by atoms with Gasteiger partial charge in [-0.05, 0) is 41.1 Å². The Bertz CT molecular complexity index is 614. The average Bonchev–Trinajstić information content (AvgIpc) is 2.89. The Morgan fingerprint density at radius 2 is 2.25 bits per heavy atom. The molecule has 106 valence electrons. The Kier molecular flexibility index (Phi) is 4.48. The highest BCUT2D eigenvalue weighted by molar-refractivity contribution is 9.10. The number of thiophene rings is 1. The molecule has 3 rings (SSSR count). The van der Waals surface area contributed by atoms with Gasteiger partial charge in [-0.25, -0.2) is 0 Å². The van der Waals surface area contributed by atoms with Crippen LogP contribution in [0.3, 0.4) is 0 Å². The predicted octanol–water partition coefficient (Wildman–Crippen LogP) is 4.22. The fourth-order valence-electron chi connectivity index (χ4n) is 2.78. The Hall–Kier alpha value is -0.390. The second kappa shape index (κ2) is 6.16. The van der Waals surface area contributed by atoms with E-state index < -0.39 is 0 Å². The van der Waals surface area contributed by atoms with Crippen LogP contribution < -0.4 is 5.73 Å². The van der Waals surface area contributed by atoms with Gasteiger partial charge in [-0.1, -0.05) is 33.6 Å². The summed E-state index contributed by atoms with van der Waals surface area (Å²) in [4.78, 5) is 3.95. The minimum Gasteiger partial charge on any atom is -0.329 e. The monoisotopic (exact) mass is 370 g/mol. The van der Waals surface area contributed by atoms with Crippen molar-refractivity contribution in [3.8, 4) is 0 Å². The van der Waals surface area contributed by atoms with E-state index in [0.717, 1.165) is 34.6 Å². The Morgan fingerprint density at radius 1 is 1.40 bits per heavy atom. The van der Waals surface area contributed by atoms with E-state index in [0.29, 0.717) is 6.54 Å². The van der Waals surface area contributed by atoms with Gasteiger partial charge in [0.25, 0.3) is 0 Å². The summed E-state index contributed by atoms with van der Waals surface area (Å²) in [6.45, 7) is 2.59. The molecular formula is C15H16BrClN2S. The summed E-state index contributed by atoms with van der Waals surface area (Å²) in [5.74, 6) is 0. The lowest BCUT2D eigenvalue weighted by molar-refractivity contribution is 0.185. The summed E-state index contributed by atoms with van der Waals surface area (Å²) in [5.41, 5.74) is 8.59.